The Kier molecular flexibility index (Phi) is 4.72. The van der Waals surface area contributed by atoms with Crippen molar-refractivity contribution in [2.24, 2.45) is 0 Å². The number of para-hydroxylation sites is 1. The van der Waals surface area contributed by atoms with Gasteiger partial charge in [0.2, 0.25) is 5.91 Å². The molecule has 1 atom stereocenters. The monoisotopic (exact) mass is 273 g/mol. The third-order valence-electron chi connectivity index (χ3n) is 3.56. The van der Waals surface area contributed by atoms with Gasteiger partial charge in [-0.05, 0) is 18.6 Å². The first-order valence-electron chi connectivity index (χ1n) is 6.85. The fraction of sp³-hybridized carbons (Fsp3) is 0.467. The van der Waals surface area contributed by atoms with Crippen molar-refractivity contribution in [3.63, 3.8) is 0 Å². The summed E-state index contributed by atoms with van der Waals surface area (Å²) in [6.07, 6.45) is 0.298. The van der Waals surface area contributed by atoms with Gasteiger partial charge in [-0.1, -0.05) is 19.1 Å². The van der Waals surface area contributed by atoms with Crippen LogP contribution in [0.15, 0.2) is 24.3 Å². The number of piperazine rings is 1. The van der Waals surface area contributed by atoms with Crippen molar-refractivity contribution >= 4 is 11.6 Å². The molecule has 0 aliphatic carbocycles. The molecule has 5 nitrogen and oxygen atoms in total. The lowest BCUT2D eigenvalue weighted by Gasteiger charge is -2.35. The zero-order valence-corrected chi connectivity index (χ0v) is 11.6. The molecule has 1 amide bonds. The standard InChI is InChI=1S/C15H19N3O2/c1-2-13(19)10-17-7-8-18(15(20)11-17)14-6-4-3-5-12(14)9-16/h3-6,13,19H,2,7-8,10-11H2,1H3/t13-/m1/s1. The van der Waals surface area contributed by atoms with E-state index in [2.05, 4.69) is 6.07 Å². The van der Waals surface area contributed by atoms with Gasteiger partial charge in [0.1, 0.15) is 6.07 Å². The number of nitriles is 1. The Labute approximate surface area is 119 Å². The summed E-state index contributed by atoms with van der Waals surface area (Å²) in [4.78, 5) is 15.9. The second-order valence-electron chi connectivity index (χ2n) is 4.97. The summed E-state index contributed by atoms with van der Waals surface area (Å²) in [6.45, 7) is 4.00. The molecule has 1 aliphatic heterocycles. The molecule has 0 saturated carbocycles. The number of carbonyl (C=O) groups excluding carboxylic acids is 1. The largest absolute Gasteiger partial charge is 0.392 e. The first-order valence-corrected chi connectivity index (χ1v) is 6.85. The van der Waals surface area contributed by atoms with Crippen LogP contribution < -0.4 is 4.90 Å². The molecule has 5 heteroatoms. The normalized spacial score (nSPS) is 17.9. The number of benzene rings is 1. The second kappa shape index (κ2) is 6.51. The van der Waals surface area contributed by atoms with Gasteiger partial charge in [0.05, 0.1) is 23.9 Å². The van der Waals surface area contributed by atoms with Crippen molar-refractivity contribution < 1.29 is 9.90 Å². The molecular weight excluding hydrogens is 254 g/mol. The molecule has 1 aromatic carbocycles. The van der Waals surface area contributed by atoms with Crippen molar-refractivity contribution in [3.05, 3.63) is 29.8 Å². The number of aliphatic hydroxyl groups excluding tert-OH is 1. The third-order valence-corrected chi connectivity index (χ3v) is 3.56. The summed E-state index contributed by atoms with van der Waals surface area (Å²) in [6, 6.07) is 9.26. The molecular formula is C15H19N3O2. The van der Waals surface area contributed by atoms with Crippen LogP contribution in [0.1, 0.15) is 18.9 Å². The quantitative estimate of drug-likeness (QED) is 0.888. The highest BCUT2D eigenvalue weighted by atomic mass is 16.3. The van der Waals surface area contributed by atoms with Gasteiger partial charge in [-0.15, -0.1) is 0 Å². The predicted octanol–water partition coefficient (Wildman–Crippen LogP) is 0.978. The molecule has 1 saturated heterocycles. The van der Waals surface area contributed by atoms with E-state index in [1.807, 2.05) is 17.9 Å². The van der Waals surface area contributed by atoms with E-state index in [0.717, 1.165) is 0 Å². The van der Waals surface area contributed by atoms with Gasteiger partial charge in [0.25, 0.3) is 0 Å². The highest BCUT2D eigenvalue weighted by Gasteiger charge is 2.27. The summed E-state index contributed by atoms with van der Waals surface area (Å²) in [5.41, 5.74) is 1.19. The smallest absolute Gasteiger partial charge is 0.241 e. The molecule has 0 bridgehead atoms. The van der Waals surface area contributed by atoms with E-state index >= 15 is 0 Å². The Morgan fingerprint density at radius 3 is 2.80 bits per heavy atom. The number of nitrogens with zero attached hydrogens (tertiary/aromatic N) is 3. The van der Waals surface area contributed by atoms with Crippen LogP contribution in [0.5, 0.6) is 0 Å². The van der Waals surface area contributed by atoms with Gasteiger partial charge in [0, 0.05) is 19.6 Å². The number of carbonyl (C=O) groups is 1. The van der Waals surface area contributed by atoms with E-state index in [4.69, 9.17) is 5.26 Å². The Morgan fingerprint density at radius 1 is 1.40 bits per heavy atom. The van der Waals surface area contributed by atoms with Crippen LogP contribution in [0.3, 0.4) is 0 Å². The highest BCUT2D eigenvalue weighted by Crippen LogP contribution is 2.21. The summed E-state index contributed by atoms with van der Waals surface area (Å²) in [5, 5.41) is 18.8. The second-order valence-corrected chi connectivity index (χ2v) is 4.97. The van der Waals surface area contributed by atoms with Crippen molar-refractivity contribution in [2.45, 2.75) is 19.4 Å². The van der Waals surface area contributed by atoms with Gasteiger partial charge in [-0.2, -0.15) is 5.26 Å². The predicted molar refractivity (Wildman–Crippen MR) is 76.2 cm³/mol. The van der Waals surface area contributed by atoms with Crippen molar-refractivity contribution in [2.75, 3.05) is 31.1 Å². The minimum Gasteiger partial charge on any atom is -0.392 e. The Hall–Kier alpha value is -1.90. The molecule has 106 valence electrons. The maximum absolute atomic E-state index is 12.2. The average Bonchev–Trinajstić information content (AvgIpc) is 2.47. The number of aliphatic hydroxyl groups is 1. The number of anilines is 1. The molecule has 0 radical (unpaired) electrons. The number of amides is 1. The zero-order chi connectivity index (χ0) is 14.5. The zero-order valence-electron chi connectivity index (χ0n) is 11.6. The summed E-state index contributed by atoms with van der Waals surface area (Å²) < 4.78 is 0. The lowest BCUT2D eigenvalue weighted by Crippen LogP contribution is -2.52. The topological polar surface area (TPSA) is 67.6 Å². The van der Waals surface area contributed by atoms with Crippen molar-refractivity contribution in [1.29, 1.82) is 5.26 Å². The molecule has 0 spiro atoms. The first-order chi connectivity index (χ1) is 9.65. The highest BCUT2D eigenvalue weighted by molar-refractivity contribution is 5.96. The lowest BCUT2D eigenvalue weighted by atomic mass is 10.1. The van der Waals surface area contributed by atoms with E-state index in [1.165, 1.54) is 0 Å². The average molecular weight is 273 g/mol. The number of hydrogen-bond donors (Lipinski definition) is 1. The fourth-order valence-corrected chi connectivity index (χ4v) is 2.36. The van der Waals surface area contributed by atoms with E-state index in [0.29, 0.717) is 37.3 Å². The van der Waals surface area contributed by atoms with Crippen molar-refractivity contribution in [3.8, 4) is 6.07 Å². The molecule has 1 fully saturated rings. The van der Waals surface area contributed by atoms with E-state index in [1.54, 1.807) is 23.1 Å². The molecule has 20 heavy (non-hydrogen) atoms. The Balaban J connectivity index is 2.07. The molecule has 2 rings (SSSR count). The molecule has 1 heterocycles. The van der Waals surface area contributed by atoms with E-state index in [-0.39, 0.29) is 18.6 Å². The fourth-order valence-electron chi connectivity index (χ4n) is 2.36. The lowest BCUT2D eigenvalue weighted by molar-refractivity contribution is -0.121. The molecule has 0 aromatic heterocycles. The van der Waals surface area contributed by atoms with Crippen LogP contribution in [-0.2, 0) is 4.79 Å². The number of β-amino-alcohol motifs (C(OH)–C–C–N with tert-alkyl or cyclic N) is 1. The van der Waals surface area contributed by atoms with E-state index < -0.39 is 0 Å². The van der Waals surface area contributed by atoms with Gasteiger partial charge < -0.3 is 10.0 Å². The molecule has 1 N–H and O–H groups in total. The maximum atomic E-state index is 12.2. The SMILES string of the molecule is CC[C@@H](O)CN1CCN(c2ccccc2C#N)C(=O)C1. The summed E-state index contributed by atoms with van der Waals surface area (Å²) >= 11 is 0. The van der Waals surface area contributed by atoms with Crippen LogP contribution in [0.25, 0.3) is 0 Å². The van der Waals surface area contributed by atoms with E-state index in [9.17, 15) is 9.90 Å². The molecule has 0 unspecified atom stereocenters. The number of rotatable bonds is 4. The van der Waals surface area contributed by atoms with Crippen LogP contribution in [0.4, 0.5) is 5.69 Å². The van der Waals surface area contributed by atoms with Gasteiger partial charge in [-0.25, -0.2) is 0 Å². The van der Waals surface area contributed by atoms with Gasteiger partial charge in [-0.3, -0.25) is 9.69 Å². The van der Waals surface area contributed by atoms with Gasteiger partial charge >= 0.3 is 0 Å². The minimum atomic E-state index is -0.388. The van der Waals surface area contributed by atoms with Crippen LogP contribution >= 0.6 is 0 Å². The van der Waals surface area contributed by atoms with Crippen LogP contribution in [0.2, 0.25) is 0 Å². The Bertz CT molecular complexity index is 524. The maximum Gasteiger partial charge on any atom is 0.241 e. The van der Waals surface area contributed by atoms with Gasteiger partial charge in [0.15, 0.2) is 0 Å². The summed E-state index contributed by atoms with van der Waals surface area (Å²) in [7, 11) is 0. The minimum absolute atomic E-state index is 0.0257. The first kappa shape index (κ1) is 14.5. The van der Waals surface area contributed by atoms with Crippen LogP contribution in [-0.4, -0.2) is 48.2 Å². The molecule has 1 aliphatic rings. The molecule has 1 aromatic rings. The third kappa shape index (κ3) is 3.16. The van der Waals surface area contributed by atoms with Crippen molar-refractivity contribution in [1.82, 2.24) is 4.90 Å². The number of hydrogen-bond acceptors (Lipinski definition) is 4. The van der Waals surface area contributed by atoms with Crippen LogP contribution in [0, 0.1) is 11.3 Å². The summed E-state index contributed by atoms with van der Waals surface area (Å²) in [5.74, 6) is -0.0257. The Morgan fingerprint density at radius 2 is 2.15 bits per heavy atom.